The monoisotopic (exact) mass is 328 g/mol. The van der Waals surface area contributed by atoms with Crippen molar-refractivity contribution in [3.8, 4) is 0 Å². The molecule has 7 nitrogen and oxygen atoms in total. The summed E-state index contributed by atoms with van der Waals surface area (Å²) >= 11 is 1.02. The van der Waals surface area contributed by atoms with Crippen LogP contribution >= 0.6 is 11.3 Å². The van der Waals surface area contributed by atoms with E-state index in [1.807, 2.05) is 0 Å². The molecule has 0 N–H and O–H groups in total. The van der Waals surface area contributed by atoms with Gasteiger partial charge in [0.15, 0.2) is 9.84 Å². The lowest BCUT2D eigenvalue weighted by Crippen LogP contribution is -2.20. The van der Waals surface area contributed by atoms with Crippen LogP contribution in [0.4, 0.5) is 5.69 Å². The van der Waals surface area contributed by atoms with Crippen LogP contribution in [0, 0.1) is 17.0 Å². The standard InChI is InChI=1S/C12H12N2O5S2/c1-9-8-20-12(15)13(9)6-7-21(18,19)11-4-2-10(3-5-11)14(16)17/h2-5,8H,6-7H2,1H3. The minimum atomic E-state index is -3.59. The van der Waals surface area contributed by atoms with E-state index in [0.29, 0.717) is 5.69 Å². The maximum Gasteiger partial charge on any atom is 0.307 e. The Hall–Kier alpha value is -2.00. The van der Waals surface area contributed by atoms with Crippen molar-refractivity contribution in [1.29, 1.82) is 0 Å². The van der Waals surface area contributed by atoms with Gasteiger partial charge in [0.1, 0.15) is 0 Å². The number of aromatic nitrogens is 1. The number of rotatable bonds is 5. The summed E-state index contributed by atoms with van der Waals surface area (Å²) in [5.41, 5.74) is 0.544. The van der Waals surface area contributed by atoms with Gasteiger partial charge in [-0.25, -0.2) is 8.42 Å². The summed E-state index contributed by atoms with van der Waals surface area (Å²) in [6, 6.07) is 4.71. The fourth-order valence-electron chi connectivity index (χ4n) is 1.78. The topological polar surface area (TPSA) is 99.3 Å². The highest BCUT2D eigenvalue weighted by Gasteiger charge is 2.17. The number of sulfone groups is 1. The largest absolute Gasteiger partial charge is 0.307 e. The van der Waals surface area contributed by atoms with Crippen molar-refractivity contribution < 1.29 is 13.3 Å². The third kappa shape index (κ3) is 3.37. The highest BCUT2D eigenvalue weighted by atomic mass is 32.2. The van der Waals surface area contributed by atoms with Crippen LogP contribution < -0.4 is 4.87 Å². The number of hydrogen-bond acceptors (Lipinski definition) is 6. The molecule has 0 atom stereocenters. The predicted molar refractivity (Wildman–Crippen MR) is 78.5 cm³/mol. The first-order valence-corrected chi connectivity index (χ1v) is 8.46. The second-order valence-corrected chi connectivity index (χ2v) is 7.29. The fourth-order valence-corrected chi connectivity index (χ4v) is 3.75. The van der Waals surface area contributed by atoms with Crippen LogP contribution in [-0.4, -0.2) is 23.7 Å². The summed E-state index contributed by atoms with van der Waals surface area (Å²) in [6.45, 7) is 1.80. The first-order valence-electron chi connectivity index (χ1n) is 5.93. The molecule has 0 aliphatic carbocycles. The summed E-state index contributed by atoms with van der Waals surface area (Å²) in [5, 5.41) is 12.2. The maximum absolute atomic E-state index is 12.1. The summed E-state index contributed by atoms with van der Waals surface area (Å²) in [4.78, 5) is 21.3. The summed E-state index contributed by atoms with van der Waals surface area (Å²) in [5.74, 6) is -0.234. The van der Waals surface area contributed by atoms with Gasteiger partial charge in [-0.3, -0.25) is 14.9 Å². The van der Waals surface area contributed by atoms with E-state index in [4.69, 9.17) is 0 Å². The minimum absolute atomic E-state index is 0.00836. The van der Waals surface area contributed by atoms with Crippen LogP contribution in [0.5, 0.6) is 0 Å². The number of non-ortho nitro benzene ring substituents is 1. The Kier molecular flexibility index (Phi) is 4.24. The van der Waals surface area contributed by atoms with Crippen LogP contribution in [0.15, 0.2) is 39.3 Å². The molecule has 0 saturated carbocycles. The number of nitro benzene ring substituents is 1. The zero-order valence-electron chi connectivity index (χ0n) is 11.1. The van der Waals surface area contributed by atoms with E-state index in [1.165, 1.54) is 16.7 Å². The fraction of sp³-hybridized carbons (Fsp3) is 0.250. The van der Waals surface area contributed by atoms with E-state index in [-0.39, 0.29) is 27.8 Å². The minimum Gasteiger partial charge on any atom is -0.302 e. The third-order valence-corrected chi connectivity index (χ3v) is 5.56. The molecule has 21 heavy (non-hydrogen) atoms. The lowest BCUT2D eigenvalue weighted by Gasteiger charge is -2.06. The molecule has 1 heterocycles. The predicted octanol–water partition coefficient (Wildman–Crippen LogP) is 1.60. The number of hydrogen-bond donors (Lipinski definition) is 0. The highest BCUT2D eigenvalue weighted by Crippen LogP contribution is 2.17. The molecule has 1 aromatic heterocycles. The molecular weight excluding hydrogens is 316 g/mol. The Morgan fingerprint density at radius 2 is 1.90 bits per heavy atom. The first-order chi connectivity index (χ1) is 9.81. The van der Waals surface area contributed by atoms with E-state index < -0.39 is 14.8 Å². The van der Waals surface area contributed by atoms with Gasteiger partial charge in [-0.1, -0.05) is 11.3 Å². The highest BCUT2D eigenvalue weighted by molar-refractivity contribution is 7.91. The van der Waals surface area contributed by atoms with Gasteiger partial charge in [-0.05, 0) is 19.1 Å². The molecular formula is C12H12N2O5S2. The molecule has 0 unspecified atom stereocenters. The van der Waals surface area contributed by atoms with E-state index in [1.54, 1.807) is 12.3 Å². The van der Waals surface area contributed by atoms with Crippen LogP contribution in [0.25, 0.3) is 0 Å². The van der Waals surface area contributed by atoms with Crippen LogP contribution in [-0.2, 0) is 16.4 Å². The Balaban J connectivity index is 2.19. The normalized spacial score (nSPS) is 11.5. The van der Waals surface area contributed by atoms with Gasteiger partial charge in [0.2, 0.25) is 0 Å². The lowest BCUT2D eigenvalue weighted by atomic mass is 10.3. The molecule has 0 aliphatic heterocycles. The molecule has 2 aromatic rings. The molecule has 112 valence electrons. The van der Waals surface area contributed by atoms with Crippen molar-refractivity contribution >= 4 is 26.9 Å². The third-order valence-electron chi connectivity index (χ3n) is 2.97. The molecule has 0 aliphatic rings. The Morgan fingerprint density at radius 1 is 1.29 bits per heavy atom. The van der Waals surface area contributed by atoms with Gasteiger partial charge < -0.3 is 4.57 Å². The van der Waals surface area contributed by atoms with Gasteiger partial charge in [-0.15, -0.1) is 0 Å². The quantitative estimate of drug-likeness (QED) is 0.613. The van der Waals surface area contributed by atoms with Gasteiger partial charge >= 0.3 is 4.87 Å². The number of thiazole rings is 1. The zero-order chi connectivity index (χ0) is 15.6. The van der Waals surface area contributed by atoms with Crippen molar-refractivity contribution in [3.05, 3.63) is 55.1 Å². The van der Waals surface area contributed by atoms with Crippen molar-refractivity contribution in [2.75, 3.05) is 5.75 Å². The second kappa shape index (κ2) is 5.78. The van der Waals surface area contributed by atoms with Crippen molar-refractivity contribution in [3.63, 3.8) is 0 Å². The number of nitro groups is 1. The van der Waals surface area contributed by atoms with Gasteiger partial charge in [-0.2, -0.15) is 0 Å². The molecule has 1 aromatic carbocycles. The Labute approximate surface area is 124 Å². The van der Waals surface area contributed by atoms with Crippen molar-refractivity contribution in [1.82, 2.24) is 4.57 Å². The number of nitrogens with zero attached hydrogens (tertiary/aromatic N) is 2. The Bertz CT molecular complexity index is 818. The van der Waals surface area contributed by atoms with E-state index in [9.17, 15) is 23.3 Å². The zero-order valence-corrected chi connectivity index (χ0v) is 12.7. The van der Waals surface area contributed by atoms with Crippen molar-refractivity contribution in [2.45, 2.75) is 18.4 Å². The molecule has 2 rings (SSSR count). The number of aryl methyl sites for hydroxylation is 1. The van der Waals surface area contributed by atoms with E-state index in [0.717, 1.165) is 23.5 Å². The smallest absolute Gasteiger partial charge is 0.302 e. The van der Waals surface area contributed by atoms with Crippen LogP contribution in [0.1, 0.15) is 5.69 Å². The molecule has 0 amide bonds. The SMILES string of the molecule is Cc1csc(=O)n1CCS(=O)(=O)c1ccc([N+](=O)[O-])cc1. The van der Waals surface area contributed by atoms with Gasteiger partial charge in [0, 0.05) is 29.8 Å². The molecule has 0 radical (unpaired) electrons. The van der Waals surface area contributed by atoms with E-state index in [2.05, 4.69) is 0 Å². The van der Waals surface area contributed by atoms with Crippen molar-refractivity contribution in [2.24, 2.45) is 0 Å². The molecule has 0 spiro atoms. The Morgan fingerprint density at radius 3 is 2.38 bits per heavy atom. The average molecular weight is 328 g/mol. The summed E-state index contributed by atoms with van der Waals surface area (Å²) in [7, 11) is -3.59. The lowest BCUT2D eigenvalue weighted by molar-refractivity contribution is -0.384. The van der Waals surface area contributed by atoms with Crippen LogP contribution in [0.2, 0.25) is 0 Å². The molecule has 0 saturated heterocycles. The number of benzene rings is 1. The van der Waals surface area contributed by atoms with Gasteiger partial charge in [0.05, 0.1) is 15.6 Å². The van der Waals surface area contributed by atoms with Crippen LogP contribution in [0.3, 0.4) is 0 Å². The molecule has 0 fully saturated rings. The molecule has 9 heteroatoms. The maximum atomic E-state index is 12.1. The first kappa shape index (κ1) is 15.4. The summed E-state index contributed by atoms with van der Waals surface area (Å²) in [6.07, 6.45) is 0. The molecule has 0 bridgehead atoms. The average Bonchev–Trinajstić information content (AvgIpc) is 2.76. The van der Waals surface area contributed by atoms with E-state index >= 15 is 0 Å². The summed E-state index contributed by atoms with van der Waals surface area (Å²) < 4.78 is 25.7. The van der Waals surface area contributed by atoms with Gasteiger partial charge in [0.25, 0.3) is 5.69 Å². The second-order valence-electron chi connectivity index (χ2n) is 4.36.